The Kier molecular flexibility index (Phi) is 3.56. The monoisotopic (exact) mass is 275 g/mol. The van der Waals surface area contributed by atoms with Crippen molar-refractivity contribution in [3.8, 4) is 0 Å². The molecule has 3 rings (SSSR count). The Morgan fingerprint density at radius 2 is 1.55 bits per heavy atom. The van der Waals surface area contributed by atoms with Gasteiger partial charge in [0.2, 0.25) is 0 Å². The molecule has 1 aliphatic heterocycles. The molecule has 20 heavy (non-hydrogen) atoms. The van der Waals surface area contributed by atoms with Crippen molar-refractivity contribution in [2.45, 2.75) is 66.8 Å². The van der Waals surface area contributed by atoms with E-state index in [-0.39, 0.29) is 0 Å². The molecule has 2 atom stereocenters. The minimum Gasteiger partial charge on any atom is -0.301 e. The fraction of sp³-hybridized carbons (Fsp3) is 0.895. The molecule has 1 nitrogen and oxygen atoms in total. The predicted octanol–water partition coefficient (Wildman–Crippen LogP) is 4.74. The molecular formula is C19H33N. The number of likely N-dealkylation sites (tertiary alicyclic amines) is 1. The lowest BCUT2D eigenvalue weighted by Crippen LogP contribution is -2.45. The van der Waals surface area contributed by atoms with E-state index >= 15 is 0 Å². The quantitative estimate of drug-likeness (QED) is 0.673. The Balaban J connectivity index is 1.90. The fourth-order valence-electron chi connectivity index (χ4n) is 5.56. The number of hydrogen-bond acceptors (Lipinski definition) is 1. The van der Waals surface area contributed by atoms with E-state index in [0.717, 1.165) is 29.7 Å². The summed E-state index contributed by atoms with van der Waals surface area (Å²) in [6.07, 6.45) is 4.36. The van der Waals surface area contributed by atoms with Gasteiger partial charge in [-0.2, -0.15) is 0 Å². The maximum absolute atomic E-state index is 2.69. The lowest BCUT2D eigenvalue weighted by Gasteiger charge is -2.45. The average Bonchev–Trinajstić information content (AvgIpc) is 3.10. The molecule has 0 aromatic carbocycles. The number of fused-ring (bicyclic) bond motifs is 2. The van der Waals surface area contributed by atoms with Gasteiger partial charge >= 0.3 is 0 Å². The number of hydrogen-bond donors (Lipinski definition) is 0. The van der Waals surface area contributed by atoms with Crippen LogP contribution < -0.4 is 0 Å². The number of rotatable bonds is 3. The van der Waals surface area contributed by atoms with Gasteiger partial charge < -0.3 is 4.90 Å². The van der Waals surface area contributed by atoms with Gasteiger partial charge in [0, 0.05) is 6.04 Å². The summed E-state index contributed by atoms with van der Waals surface area (Å²) >= 11 is 0. The molecule has 0 amide bonds. The summed E-state index contributed by atoms with van der Waals surface area (Å²) in [6, 6.07) is 0.722. The van der Waals surface area contributed by atoms with Crippen LogP contribution in [0.1, 0.15) is 60.8 Å². The molecule has 1 saturated carbocycles. The van der Waals surface area contributed by atoms with Gasteiger partial charge in [-0.15, -0.1) is 0 Å². The van der Waals surface area contributed by atoms with Crippen molar-refractivity contribution in [2.75, 3.05) is 13.1 Å². The van der Waals surface area contributed by atoms with Gasteiger partial charge in [0.05, 0.1) is 0 Å². The van der Waals surface area contributed by atoms with Crippen molar-refractivity contribution in [3.63, 3.8) is 0 Å². The van der Waals surface area contributed by atoms with Crippen LogP contribution in [0.3, 0.4) is 0 Å². The highest BCUT2D eigenvalue weighted by Crippen LogP contribution is 2.70. The summed E-state index contributed by atoms with van der Waals surface area (Å²) in [5, 5.41) is 0. The summed E-state index contributed by atoms with van der Waals surface area (Å²) in [7, 11) is 0. The van der Waals surface area contributed by atoms with Crippen molar-refractivity contribution < 1.29 is 0 Å². The van der Waals surface area contributed by atoms with E-state index in [4.69, 9.17) is 0 Å². The normalized spacial score (nSPS) is 32.9. The lowest BCUT2D eigenvalue weighted by atomic mass is 9.66. The zero-order valence-corrected chi connectivity index (χ0v) is 14.4. The van der Waals surface area contributed by atoms with Crippen molar-refractivity contribution in [2.24, 2.45) is 29.1 Å². The smallest absolute Gasteiger partial charge is 0.00386 e. The van der Waals surface area contributed by atoms with Crippen LogP contribution in [0.15, 0.2) is 11.1 Å². The molecule has 2 fully saturated rings. The molecule has 0 N–H and O–H groups in total. The van der Waals surface area contributed by atoms with Crippen LogP contribution in [0.25, 0.3) is 0 Å². The van der Waals surface area contributed by atoms with Gasteiger partial charge in [0.15, 0.2) is 0 Å². The van der Waals surface area contributed by atoms with Crippen LogP contribution in [0.5, 0.6) is 0 Å². The minimum absolute atomic E-state index is 0.601. The summed E-state index contributed by atoms with van der Waals surface area (Å²) < 4.78 is 0. The van der Waals surface area contributed by atoms with Crippen LogP contribution in [0, 0.1) is 29.1 Å². The van der Waals surface area contributed by atoms with E-state index in [1.54, 1.807) is 0 Å². The summed E-state index contributed by atoms with van der Waals surface area (Å²) in [6.45, 7) is 17.1. The SMILES string of the molecule is CC(C)C1=C(C(C)C)C2(CCN(C(C)C)CC2)[C@@H]2C[C@H]12. The molecule has 1 spiro atoms. The maximum atomic E-state index is 2.69. The van der Waals surface area contributed by atoms with E-state index < -0.39 is 0 Å². The first-order valence-corrected chi connectivity index (χ1v) is 8.87. The first-order chi connectivity index (χ1) is 9.38. The van der Waals surface area contributed by atoms with Crippen LogP contribution in [-0.2, 0) is 0 Å². The Bertz CT molecular complexity index is 407. The third-order valence-corrected chi connectivity index (χ3v) is 6.37. The Morgan fingerprint density at radius 1 is 0.950 bits per heavy atom. The second-order valence-corrected chi connectivity index (χ2v) is 8.41. The molecular weight excluding hydrogens is 242 g/mol. The van der Waals surface area contributed by atoms with Gasteiger partial charge in [-0.25, -0.2) is 0 Å². The Morgan fingerprint density at radius 3 is 2.00 bits per heavy atom. The highest BCUT2D eigenvalue weighted by atomic mass is 15.2. The van der Waals surface area contributed by atoms with Gasteiger partial charge in [-0.05, 0) is 75.3 Å². The summed E-state index contributed by atoms with van der Waals surface area (Å²) in [5.41, 5.74) is 4.38. The highest BCUT2D eigenvalue weighted by Gasteiger charge is 2.62. The zero-order valence-electron chi connectivity index (χ0n) is 14.4. The van der Waals surface area contributed by atoms with Gasteiger partial charge in [-0.1, -0.05) is 38.8 Å². The molecule has 1 heterocycles. The summed E-state index contributed by atoms with van der Waals surface area (Å²) in [4.78, 5) is 2.69. The van der Waals surface area contributed by atoms with Crippen LogP contribution in [0.4, 0.5) is 0 Å². The average molecular weight is 275 g/mol. The van der Waals surface area contributed by atoms with Crippen molar-refractivity contribution >= 4 is 0 Å². The van der Waals surface area contributed by atoms with Crippen LogP contribution in [-0.4, -0.2) is 24.0 Å². The van der Waals surface area contributed by atoms with E-state index in [1.165, 1.54) is 32.4 Å². The standard InChI is InChI=1S/C19H33N/c1-12(2)17-15-11-16(15)19(18(17)13(3)4)7-9-20(10-8-19)14(5)6/h12-16H,7-11H2,1-6H3/t15-,16+/m0/s1. The maximum Gasteiger partial charge on any atom is 0.00386 e. The second-order valence-electron chi connectivity index (χ2n) is 8.41. The van der Waals surface area contributed by atoms with Crippen molar-refractivity contribution in [1.82, 2.24) is 4.90 Å². The van der Waals surface area contributed by atoms with Crippen LogP contribution in [0.2, 0.25) is 0 Å². The molecule has 0 aromatic rings. The first-order valence-electron chi connectivity index (χ1n) is 8.87. The third kappa shape index (κ3) is 2.00. The molecule has 0 aromatic heterocycles. The Hall–Kier alpha value is -0.300. The molecule has 1 heteroatoms. The van der Waals surface area contributed by atoms with Gasteiger partial charge in [0.25, 0.3) is 0 Å². The van der Waals surface area contributed by atoms with E-state index in [2.05, 4.69) is 46.4 Å². The lowest BCUT2D eigenvalue weighted by molar-refractivity contribution is 0.0884. The van der Waals surface area contributed by atoms with Crippen LogP contribution >= 0.6 is 0 Å². The molecule has 0 unspecified atom stereocenters. The molecule has 114 valence electrons. The number of piperidine rings is 1. The highest BCUT2D eigenvalue weighted by molar-refractivity contribution is 5.41. The first kappa shape index (κ1) is 14.6. The zero-order chi connectivity index (χ0) is 14.7. The molecule has 1 saturated heterocycles. The van der Waals surface area contributed by atoms with Crippen molar-refractivity contribution in [3.05, 3.63) is 11.1 Å². The van der Waals surface area contributed by atoms with Crippen molar-refractivity contribution in [1.29, 1.82) is 0 Å². The van der Waals surface area contributed by atoms with Gasteiger partial charge in [0.1, 0.15) is 0 Å². The molecule has 0 bridgehead atoms. The third-order valence-electron chi connectivity index (χ3n) is 6.37. The van der Waals surface area contributed by atoms with E-state index in [0.29, 0.717) is 5.41 Å². The molecule has 3 aliphatic rings. The van der Waals surface area contributed by atoms with E-state index in [1.807, 2.05) is 11.1 Å². The van der Waals surface area contributed by atoms with Gasteiger partial charge in [-0.3, -0.25) is 0 Å². The Labute approximate surface area is 125 Å². The number of nitrogens with zero attached hydrogens (tertiary/aromatic N) is 1. The predicted molar refractivity (Wildman–Crippen MR) is 86.7 cm³/mol. The van der Waals surface area contributed by atoms with E-state index in [9.17, 15) is 0 Å². The molecule has 0 radical (unpaired) electrons. The number of allylic oxidation sites excluding steroid dienone is 2. The largest absolute Gasteiger partial charge is 0.301 e. The molecule has 2 aliphatic carbocycles. The fourth-order valence-corrected chi connectivity index (χ4v) is 5.56. The summed E-state index contributed by atoms with van der Waals surface area (Å²) in [5.74, 6) is 3.51. The minimum atomic E-state index is 0.601. The second kappa shape index (κ2) is 4.87. The topological polar surface area (TPSA) is 3.24 Å².